The fourth-order valence-corrected chi connectivity index (χ4v) is 2.25. The van der Waals surface area contributed by atoms with Gasteiger partial charge in [0.1, 0.15) is 5.82 Å². The third-order valence-electron chi connectivity index (χ3n) is 2.31. The number of nitrogens with one attached hydrogen (secondary N) is 1. The summed E-state index contributed by atoms with van der Waals surface area (Å²) in [5.74, 6) is 2.18. The molecule has 1 aromatic carbocycles. The number of rotatable bonds is 8. The average Bonchev–Trinajstić information content (AvgIpc) is 2.30. The van der Waals surface area contributed by atoms with Gasteiger partial charge in [-0.1, -0.05) is 19.8 Å². The van der Waals surface area contributed by atoms with Gasteiger partial charge in [0.05, 0.1) is 0 Å². The van der Waals surface area contributed by atoms with Gasteiger partial charge in [0.15, 0.2) is 0 Å². The molecular weight excluding hydrogens is 221 g/mol. The van der Waals surface area contributed by atoms with E-state index < -0.39 is 0 Å². The molecule has 0 amide bonds. The molecule has 0 saturated heterocycles. The molecule has 0 spiro atoms. The number of hydrogen-bond donors (Lipinski definition) is 1. The van der Waals surface area contributed by atoms with E-state index in [4.69, 9.17) is 0 Å². The van der Waals surface area contributed by atoms with Crippen LogP contribution in [-0.4, -0.2) is 18.1 Å². The van der Waals surface area contributed by atoms with Crippen molar-refractivity contribution in [1.82, 2.24) is 0 Å². The summed E-state index contributed by atoms with van der Waals surface area (Å²) in [4.78, 5) is 0. The van der Waals surface area contributed by atoms with Crippen LogP contribution in [0.2, 0.25) is 0 Å². The van der Waals surface area contributed by atoms with Crippen molar-refractivity contribution in [3.05, 3.63) is 30.1 Å². The van der Waals surface area contributed by atoms with Gasteiger partial charge in [0, 0.05) is 18.0 Å². The fourth-order valence-electron chi connectivity index (χ4n) is 1.39. The van der Waals surface area contributed by atoms with Gasteiger partial charge in [0.2, 0.25) is 0 Å². The predicted molar refractivity (Wildman–Crippen MR) is 71.7 cm³/mol. The quantitative estimate of drug-likeness (QED) is 0.686. The molecule has 1 aromatic rings. The Morgan fingerprint density at radius 1 is 1.12 bits per heavy atom. The molecule has 1 N–H and O–H groups in total. The molecule has 0 atom stereocenters. The van der Waals surface area contributed by atoms with Gasteiger partial charge in [-0.05, 0) is 36.4 Å². The van der Waals surface area contributed by atoms with Crippen molar-refractivity contribution in [2.75, 3.05) is 23.4 Å². The van der Waals surface area contributed by atoms with E-state index in [1.165, 1.54) is 37.1 Å². The van der Waals surface area contributed by atoms with E-state index in [1.54, 1.807) is 12.1 Å². The highest BCUT2D eigenvalue weighted by molar-refractivity contribution is 7.99. The zero-order chi connectivity index (χ0) is 11.6. The standard InChI is InChI=1S/C13H20FNS/c1-2-3-4-10-16-11-9-15-13-7-5-12(14)6-8-13/h5-8,15H,2-4,9-11H2,1H3. The zero-order valence-electron chi connectivity index (χ0n) is 9.84. The average molecular weight is 241 g/mol. The Morgan fingerprint density at radius 3 is 2.56 bits per heavy atom. The van der Waals surface area contributed by atoms with Crippen LogP contribution in [0.5, 0.6) is 0 Å². The Labute approximate surface area is 102 Å². The monoisotopic (exact) mass is 241 g/mol. The van der Waals surface area contributed by atoms with E-state index in [9.17, 15) is 4.39 Å². The van der Waals surface area contributed by atoms with Crippen LogP contribution in [0, 0.1) is 5.82 Å². The maximum absolute atomic E-state index is 12.6. The largest absolute Gasteiger partial charge is 0.384 e. The van der Waals surface area contributed by atoms with Gasteiger partial charge >= 0.3 is 0 Å². The second-order valence-electron chi connectivity index (χ2n) is 3.75. The summed E-state index contributed by atoms with van der Waals surface area (Å²) in [6.45, 7) is 3.17. The highest BCUT2D eigenvalue weighted by Crippen LogP contribution is 2.09. The number of benzene rings is 1. The van der Waals surface area contributed by atoms with Crippen LogP contribution in [0.4, 0.5) is 10.1 Å². The van der Waals surface area contributed by atoms with Crippen molar-refractivity contribution >= 4 is 17.4 Å². The van der Waals surface area contributed by atoms with Crippen molar-refractivity contribution in [1.29, 1.82) is 0 Å². The Bertz CT molecular complexity index is 274. The van der Waals surface area contributed by atoms with Crippen LogP contribution in [0.25, 0.3) is 0 Å². The molecule has 0 radical (unpaired) electrons. The number of unbranched alkanes of at least 4 members (excludes halogenated alkanes) is 2. The molecule has 16 heavy (non-hydrogen) atoms. The smallest absolute Gasteiger partial charge is 0.123 e. The Morgan fingerprint density at radius 2 is 1.88 bits per heavy atom. The molecule has 0 bridgehead atoms. The number of thioether (sulfide) groups is 1. The highest BCUT2D eigenvalue weighted by Gasteiger charge is 1.93. The number of anilines is 1. The summed E-state index contributed by atoms with van der Waals surface area (Å²) in [6, 6.07) is 6.52. The van der Waals surface area contributed by atoms with E-state index >= 15 is 0 Å². The maximum Gasteiger partial charge on any atom is 0.123 e. The third kappa shape index (κ3) is 6.01. The lowest BCUT2D eigenvalue weighted by molar-refractivity contribution is 0.628. The molecular formula is C13H20FNS. The van der Waals surface area contributed by atoms with Gasteiger partial charge in [-0.15, -0.1) is 0 Å². The summed E-state index contributed by atoms with van der Waals surface area (Å²) in [6.07, 6.45) is 3.94. The minimum Gasteiger partial charge on any atom is -0.384 e. The molecule has 90 valence electrons. The molecule has 0 fully saturated rings. The first kappa shape index (κ1) is 13.4. The van der Waals surface area contributed by atoms with Crippen molar-refractivity contribution in [3.8, 4) is 0 Å². The molecule has 0 aliphatic rings. The molecule has 0 heterocycles. The summed E-state index contributed by atoms with van der Waals surface area (Å²) in [5.41, 5.74) is 0.996. The summed E-state index contributed by atoms with van der Waals surface area (Å²) in [5, 5.41) is 3.28. The fraction of sp³-hybridized carbons (Fsp3) is 0.538. The van der Waals surface area contributed by atoms with Crippen molar-refractivity contribution in [3.63, 3.8) is 0 Å². The zero-order valence-corrected chi connectivity index (χ0v) is 10.7. The third-order valence-corrected chi connectivity index (χ3v) is 3.38. The van der Waals surface area contributed by atoms with E-state index in [2.05, 4.69) is 12.2 Å². The van der Waals surface area contributed by atoms with Crippen LogP contribution in [-0.2, 0) is 0 Å². The van der Waals surface area contributed by atoms with Crippen LogP contribution in [0.15, 0.2) is 24.3 Å². The predicted octanol–water partition coefficient (Wildman–Crippen LogP) is 4.16. The van der Waals surface area contributed by atoms with E-state index in [1.807, 2.05) is 11.8 Å². The van der Waals surface area contributed by atoms with E-state index in [0.717, 1.165) is 18.0 Å². The van der Waals surface area contributed by atoms with Gasteiger partial charge in [-0.3, -0.25) is 0 Å². The molecule has 3 heteroatoms. The molecule has 1 nitrogen and oxygen atoms in total. The molecule has 0 saturated carbocycles. The first-order chi connectivity index (χ1) is 7.83. The van der Waals surface area contributed by atoms with Crippen LogP contribution in [0.1, 0.15) is 26.2 Å². The minimum absolute atomic E-state index is 0.181. The molecule has 0 aromatic heterocycles. The van der Waals surface area contributed by atoms with Gasteiger partial charge in [-0.25, -0.2) is 4.39 Å². The number of halogens is 1. The lowest BCUT2D eigenvalue weighted by atomic mass is 10.3. The summed E-state index contributed by atoms with van der Waals surface area (Å²) >= 11 is 1.98. The van der Waals surface area contributed by atoms with Crippen LogP contribution >= 0.6 is 11.8 Å². The maximum atomic E-state index is 12.6. The lowest BCUT2D eigenvalue weighted by Crippen LogP contribution is -2.04. The molecule has 1 rings (SSSR count). The van der Waals surface area contributed by atoms with Crippen molar-refractivity contribution in [2.45, 2.75) is 26.2 Å². The summed E-state index contributed by atoms with van der Waals surface area (Å²) in [7, 11) is 0. The van der Waals surface area contributed by atoms with E-state index in [0.29, 0.717) is 0 Å². The van der Waals surface area contributed by atoms with Crippen molar-refractivity contribution < 1.29 is 4.39 Å². The number of hydrogen-bond acceptors (Lipinski definition) is 2. The van der Waals surface area contributed by atoms with Crippen molar-refractivity contribution in [2.24, 2.45) is 0 Å². The Balaban J connectivity index is 2.01. The van der Waals surface area contributed by atoms with E-state index in [-0.39, 0.29) is 5.82 Å². The van der Waals surface area contributed by atoms with Gasteiger partial charge < -0.3 is 5.32 Å². The second kappa shape index (κ2) is 8.45. The molecule has 0 aliphatic carbocycles. The molecule has 0 unspecified atom stereocenters. The summed E-state index contributed by atoms with van der Waals surface area (Å²) < 4.78 is 12.6. The normalized spacial score (nSPS) is 10.4. The second-order valence-corrected chi connectivity index (χ2v) is 4.98. The Hall–Kier alpha value is -0.700. The Kier molecular flexibility index (Phi) is 7.06. The van der Waals surface area contributed by atoms with Gasteiger partial charge in [-0.2, -0.15) is 11.8 Å². The first-order valence-electron chi connectivity index (χ1n) is 5.90. The lowest BCUT2D eigenvalue weighted by Gasteiger charge is -2.05. The van der Waals surface area contributed by atoms with Gasteiger partial charge in [0.25, 0.3) is 0 Å². The van der Waals surface area contributed by atoms with Crippen LogP contribution in [0.3, 0.4) is 0 Å². The topological polar surface area (TPSA) is 12.0 Å². The van der Waals surface area contributed by atoms with Crippen LogP contribution < -0.4 is 5.32 Å². The minimum atomic E-state index is -0.181. The SMILES string of the molecule is CCCCCSCCNc1ccc(F)cc1. The highest BCUT2D eigenvalue weighted by atomic mass is 32.2. The molecule has 0 aliphatic heterocycles. The first-order valence-corrected chi connectivity index (χ1v) is 7.05.